The first-order valence-corrected chi connectivity index (χ1v) is 10.6. The van der Waals surface area contributed by atoms with Gasteiger partial charge < -0.3 is 14.4 Å². The Hall–Kier alpha value is -1.62. The van der Waals surface area contributed by atoms with Crippen LogP contribution in [0.15, 0.2) is 23.8 Å². The van der Waals surface area contributed by atoms with Crippen LogP contribution in [0, 0.1) is 23.2 Å². The van der Waals surface area contributed by atoms with Gasteiger partial charge in [-0.25, -0.2) is 4.79 Å². The van der Waals surface area contributed by atoms with Gasteiger partial charge in [0.25, 0.3) is 0 Å². The van der Waals surface area contributed by atoms with Crippen LogP contribution in [-0.2, 0) is 14.3 Å². The zero-order valence-corrected chi connectivity index (χ0v) is 17.7. The lowest BCUT2D eigenvalue weighted by Gasteiger charge is -2.53. The standard InChI is InChI=1S/C23H33NO4/c1-14-6-9-16-10-7-15-8-11-17(25)19-18(15)23(16,20(14)27-19)12-13-24(5)21(26)28-22(2,3)4/h7-8,11,14,16,18-20H,6,9-10,12-13H2,1-5H3/t14-,16+,18?,19?,20+,23+/m0/s1. The van der Waals surface area contributed by atoms with E-state index in [9.17, 15) is 9.59 Å². The van der Waals surface area contributed by atoms with Crippen molar-refractivity contribution in [2.45, 2.75) is 71.2 Å². The van der Waals surface area contributed by atoms with Gasteiger partial charge in [-0.3, -0.25) is 4.79 Å². The molecular weight excluding hydrogens is 354 g/mol. The second-order valence-corrected chi connectivity index (χ2v) is 10.1. The monoisotopic (exact) mass is 387 g/mol. The molecule has 0 aromatic carbocycles. The molecule has 0 radical (unpaired) electrons. The van der Waals surface area contributed by atoms with Gasteiger partial charge in [-0.1, -0.05) is 19.1 Å². The van der Waals surface area contributed by atoms with Gasteiger partial charge in [-0.2, -0.15) is 0 Å². The number of ketones is 1. The fourth-order valence-corrected chi connectivity index (χ4v) is 6.05. The maximum absolute atomic E-state index is 12.6. The van der Waals surface area contributed by atoms with E-state index in [4.69, 9.17) is 9.47 Å². The van der Waals surface area contributed by atoms with E-state index in [0.29, 0.717) is 18.4 Å². The minimum Gasteiger partial charge on any atom is -0.444 e. The summed E-state index contributed by atoms with van der Waals surface area (Å²) in [5, 5.41) is 0. The van der Waals surface area contributed by atoms with E-state index in [1.54, 1.807) is 11.0 Å². The topological polar surface area (TPSA) is 55.8 Å². The summed E-state index contributed by atoms with van der Waals surface area (Å²) >= 11 is 0. The number of rotatable bonds is 3. The highest BCUT2D eigenvalue weighted by Gasteiger charge is 2.65. The lowest BCUT2D eigenvalue weighted by atomic mass is 9.50. The molecule has 1 amide bonds. The third-order valence-electron chi connectivity index (χ3n) is 7.26. The van der Waals surface area contributed by atoms with E-state index < -0.39 is 5.60 Å². The third kappa shape index (κ3) is 3.02. The van der Waals surface area contributed by atoms with Crippen LogP contribution >= 0.6 is 0 Å². The molecule has 6 atom stereocenters. The lowest BCUT2D eigenvalue weighted by Crippen LogP contribution is -2.53. The van der Waals surface area contributed by atoms with Crippen molar-refractivity contribution in [3.05, 3.63) is 23.8 Å². The van der Waals surface area contributed by atoms with E-state index in [-0.39, 0.29) is 35.4 Å². The molecule has 28 heavy (non-hydrogen) atoms. The molecule has 1 heterocycles. The number of allylic oxidation sites excluding steroid dienone is 2. The van der Waals surface area contributed by atoms with Gasteiger partial charge in [0.2, 0.25) is 0 Å². The number of nitrogens with zero attached hydrogens (tertiary/aromatic N) is 1. The number of amides is 1. The molecule has 2 unspecified atom stereocenters. The van der Waals surface area contributed by atoms with E-state index in [1.807, 2.05) is 33.9 Å². The molecule has 0 bridgehead atoms. The van der Waals surface area contributed by atoms with Gasteiger partial charge in [-0.05, 0) is 69.9 Å². The average Bonchev–Trinajstić information content (AvgIpc) is 2.98. The predicted molar refractivity (Wildman–Crippen MR) is 107 cm³/mol. The Balaban J connectivity index is 1.61. The Labute approximate surface area is 168 Å². The van der Waals surface area contributed by atoms with Crippen LogP contribution in [0.5, 0.6) is 0 Å². The van der Waals surface area contributed by atoms with Gasteiger partial charge in [0.15, 0.2) is 5.78 Å². The van der Waals surface area contributed by atoms with E-state index in [1.165, 1.54) is 12.0 Å². The summed E-state index contributed by atoms with van der Waals surface area (Å²) in [7, 11) is 1.81. The Morgan fingerprint density at radius 1 is 1.32 bits per heavy atom. The Morgan fingerprint density at radius 3 is 2.79 bits per heavy atom. The molecule has 5 heteroatoms. The summed E-state index contributed by atoms with van der Waals surface area (Å²) in [6.07, 6.45) is 9.66. The minimum atomic E-state index is -0.502. The molecule has 0 aromatic rings. The Bertz CT molecular complexity index is 733. The molecule has 0 aromatic heterocycles. The number of hydrogen-bond donors (Lipinski definition) is 0. The smallest absolute Gasteiger partial charge is 0.410 e. The summed E-state index contributed by atoms with van der Waals surface area (Å²) in [6, 6.07) is 0. The molecule has 2 fully saturated rings. The van der Waals surface area contributed by atoms with Crippen molar-refractivity contribution in [1.29, 1.82) is 0 Å². The first kappa shape index (κ1) is 19.7. The fraction of sp³-hybridized carbons (Fsp3) is 0.739. The van der Waals surface area contributed by atoms with Crippen molar-refractivity contribution >= 4 is 11.9 Å². The van der Waals surface area contributed by atoms with Crippen molar-refractivity contribution in [2.24, 2.45) is 23.2 Å². The van der Waals surface area contributed by atoms with Gasteiger partial charge in [0, 0.05) is 24.9 Å². The van der Waals surface area contributed by atoms with Crippen LogP contribution in [0.3, 0.4) is 0 Å². The summed E-state index contributed by atoms with van der Waals surface area (Å²) in [4.78, 5) is 26.8. The molecule has 3 aliphatic carbocycles. The van der Waals surface area contributed by atoms with Crippen molar-refractivity contribution in [3.63, 3.8) is 0 Å². The zero-order valence-electron chi connectivity index (χ0n) is 17.7. The first-order valence-electron chi connectivity index (χ1n) is 10.6. The normalized spacial score (nSPS) is 38.7. The SMILES string of the molecule is C[C@H]1CC[C@@H]2CC=C3C=CC(=O)C4O[C@H]1[C@@]2(CCN(C)C(=O)OC(C)(C)C)C34. The highest BCUT2D eigenvalue weighted by Crippen LogP contribution is 2.64. The molecule has 0 spiro atoms. The number of carbonyl (C=O) groups is 2. The van der Waals surface area contributed by atoms with Crippen LogP contribution in [-0.4, -0.2) is 48.2 Å². The van der Waals surface area contributed by atoms with Crippen molar-refractivity contribution in [1.82, 2.24) is 4.90 Å². The second-order valence-electron chi connectivity index (χ2n) is 10.1. The second kappa shape index (κ2) is 6.72. The van der Waals surface area contributed by atoms with Crippen LogP contribution in [0.1, 0.15) is 53.4 Å². The fourth-order valence-electron chi connectivity index (χ4n) is 6.05. The minimum absolute atomic E-state index is 0.0664. The summed E-state index contributed by atoms with van der Waals surface area (Å²) in [5.74, 6) is 1.17. The molecule has 5 nitrogen and oxygen atoms in total. The highest BCUT2D eigenvalue weighted by atomic mass is 16.6. The molecule has 1 saturated heterocycles. The Morgan fingerprint density at radius 2 is 2.07 bits per heavy atom. The molecule has 4 aliphatic rings. The number of ether oxygens (including phenoxy) is 2. The van der Waals surface area contributed by atoms with Crippen LogP contribution < -0.4 is 0 Å². The third-order valence-corrected chi connectivity index (χ3v) is 7.26. The predicted octanol–water partition coefficient (Wildman–Crippen LogP) is 4.13. The van der Waals surface area contributed by atoms with Crippen molar-refractivity contribution in [2.75, 3.05) is 13.6 Å². The van der Waals surface area contributed by atoms with E-state index >= 15 is 0 Å². The summed E-state index contributed by atoms with van der Waals surface area (Å²) in [6.45, 7) is 8.53. The average molecular weight is 388 g/mol. The van der Waals surface area contributed by atoms with Gasteiger partial charge in [0.1, 0.15) is 11.7 Å². The van der Waals surface area contributed by atoms with Gasteiger partial charge in [-0.15, -0.1) is 0 Å². The summed E-state index contributed by atoms with van der Waals surface area (Å²) in [5.41, 5.74) is 0.693. The largest absolute Gasteiger partial charge is 0.444 e. The zero-order chi connectivity index (χ0) is 20.3. The Kier molecular flexibility index (Phi) is 4.72. The molecule has 0 N–H and O–H groups in total. The van der Waals surface area contributed by atoms with Crippen LogP contribution in [0.4, 0.5) is 4.79 Å². The molecule has 1 saturated carbocycles. The van der Waals surface area contributed by atoms with Gasteiger partial charge >= 0.3 is 6.09 Å². The molecule has 154 valence electrons. The van der Waals surface area contributed by atoms with Crippen LogP contribution in [0.2, 0.25) is 0 Å². The first-order chi connectivity index (χ1) is 13.1. The van der Waals surface area contributed by atoms with Crippen molar-refractivity contribution in [3.8, 4) is 0 Å². The molecular formula is C23H33NO4. The number of carbonyl (C=O) groups excluding carboxylic acids is 2. The number of hydrogen-bond acceptors (Lipinski definition) is 4. The van der Waals surface area contributed by atoms with E-state index in [2.05, 4.69) is 13.0 Å². The molecule has 4 rings (SSSR count). The van der Waals surface area contributed by atoms with Crippen LogP contribution in [0.25, 0.3) is 0 Å². The quantitative estimate of drug-likeness (QED) is 0.731. The van der Waals surface area contributed by atoms with Gasteiger partial charge in [0.05, 0.1) is 6.10 Å². The van der Waals surface area contributed by atoms with E-state index in [0.717, 1.165) is 19.3 Å². The maximum Gasteiger partial charge on any atom is 0.410 e. The summed E-state index contributed by atoms with van der Waals surface area (Å²) < 4.78 is 12.0. The lowest BCUT2D eigenvalue weighted by molar-refractivity contribution is -0.128. The van der Waals surface area contributed by atoms with Crippen molar-refractivity contribution < 1.29 is 19.1 Å². The molecule has 1 aliphatic heterocycles. The highest BCUT2D eigenvalue weighted by molar-refractivity contribution is 5.96. The maximum atomic E-state index is 12.6.